The van der Waals surface area contributed by atoms with Gasteiger partial charge < -0.3 is 9.47 Å². The highest BCUT2D eigenvalue weighted by molar-refractivity contribution is 5.77. The predicted molar refractivity (Wildman–Crippen MR) is 96.6 cm³/mol. The van der Waals surface area contributed by atoms with Crippen molar-refractivity contribution in [2.24, 2.45) is 13.0 Å². The van der Waals surface area contributed by atoms with Crippen LogP contribution < -0.4 is 0 Å². The molecule has 0 N–H and O–H groups in total. The zero-order valence-corrected chi connectivity index (χ0v) is 15.2. The van der Waals surface area contributed by atoms with Crippen LogP contribution in [0.4, 0.5) is 0 Å². The van der Waals surface area contributed by atoms with Gasteiger partial charge in [-0.05, 0) is 45.4 Å². The minimum atomic E-state index is 0.297. The molecule has 0 radical (unpaired) electrons. The smallest absolute Gasteiger partial charge is 0.222 e. The lowest BCUT2D eigenvalue weighted by Crippen LogP contribution is -2.46. The van der Waals surface area contributed by atoms with Gasteiger partial charge in [0.2, 0.25) is 5.91 Å². The highest BCUT2D eigenvalue weighted by atomic mass is 16.2. The molecular weight excluding hydrogens is 300 g/mol. The highest BCUT2D eigenvalue weighted by Gasteiger charge is 2.28. The largest absolute Gasteiger partial charge is 0.340 e. The first-order valence-corrected chi connectivity index (χ1v) is 8.84. The summed E-state index contributed by atoms with van der Waals surface area (Å²) in [5.74, 6) is 1.94. The number of imidazole rings is 1. The van der Waals surface area contributed by atoms with Crippen molar-refractivity contribution in [3.63, 3.8) is 0 Å². The number of carbonyl (C=O) groups excluding carboxylic acids is 1. The molecule has 1 aliphatic rings. The van der Waals surface area contributed by atoms with E-state index in [1.807, 2.05) is 11.0 Å². The van der Waals surface area contributed by atoms with Crippen LogP contribution in [0.5, 0.6) is 0 Å². The van der Waals surface area contributed by atoms with Gasteiger partial charge in [-0.1, -0.05) is 12.1 Å². The molecule has 1 aromatic heterocycles. The first kappa shape index (κ1) is 17.0. The van der Waals surface area contributed by atoms with Crippen LogP contribution in [0.1, 0.15) is 32.5 Å². The number of rotatable bonds is 5. The van der Waals surface area contributed by atoms with Crippen LogP contribution >= 0.6 is 0 Å². The SMILES string of the molecule is CC(C)N1CC(CN(C)Cc2nc3ccccc3n2C)CCC1=O. The normalized spacial score (nSPS) is 19.0. The number of likely N-dealkylation sites (tertiary alicyclic amines) is 1. The Kier molecular flexibility index (Phi) is 4.90. The maximum atomic E-state index is 12.0. The van der Waals surface area contributed by atoms with Crippen molar-refractivity contribution in [3.05, 3.63) is 30.1 Å². The van der Waals surface area contributed by atoms with E-state index in [-0.39, 0.29) is 0 Å². The zero-order chi connectivity index (χ0) is 17.3. The van der Waals surface area contributed by atoms with E-state index >= 15 is 0 Å². The second-order valence-corrected chi connectivity index (χ2v) is 7.32. The van der Waals surface area contributed by atoms with Crippen LogP contribution in [0.15, 0.2) is 24.3 Å². The lowest BCUT2D eigenvalue weighted by molar-refractivity contribution is -0.136. The van der Waals surface area contributed by atoms with Gasteiger partial charge in [-0.3, -0.25) is 9.69 Å². The lowest BCUT2D eigenvalue weighted by atomic mass is 9.96. The van der Waals surface area contributed by atoms with Crippen molar-refractivity contribution in [1.82, 2.24) is 19.4 Å². The number of aryl methyl sites for hydroxylation is 1. The fraction of sp³-hybridized carbons (Fsp3) is 0.579. The molecule has 3 rings (SSSR count). The van der Waals surface area contributed by atoms with Crippen LogP contribution in [0.2, 0.25) is 0 Å². The summed E-state index contributed by atoms with van der Waals surface area (Å²) in [6, 6.07) is 8.55. The van der Waals surface area contributed by atoms with Crippen molar-refractivity contribution < 1.29 is 4.79 Å². The number of hydrogen-bond donors (Lipinski definition) is 0. The van der Waals surface area contributed by atoms with Gasteiger partial charge in [0.15, 0.2) is 0 Å². The Morgan fingerprint density at radius 3 is 2.79 bits per heavy atom. The molecule has 2 aromatic rings. The molecule has 1 saturated heterocycles. The van der Waals surface area contributed by atoms with Crippen molar-refractivity contribution >= 4 is 16.9 Å². The molecule has 130 valence electrons. The number of aromatic nitrogens is 2. The summed E-state index contributed by atoms with van der Waals surface area (Å²) in [7, 11) is 4.23. The Labute approximate surface area is 144 Å². The molecule has 5 heteroatoms. The first-order chi connectivity index (χ1) is 11.5. The molecule has 0 spiro atoms. The molecule has 5 nitrogen and oxygen atoms in total. The van der Waals surface area contributed by atoms with Gasteiger partial charge in [0.05, 0.1) is 17.6 Å². The number of amides is 1. The summed E-state index contributed by atoms with van der Waals surface area (Å²) >= 11 is 0. The van der Waals surface area contributed by atoms with Crippen molar-refractivity contribution in [2.75, 3.05) is 20.1 Å². The lowest BCUT2D eigenvalue weighted by Gasteiger charge is -2.37. The standard InChI is InChI=1S/C19H28N4O/c1-14(2)23-12-15(9-10-19(23)24)11-21(3)13-18-20-16-7-5-6-8-17(16)22(18)4/h5-8,14-15H,9-13H2,1-4H3. The van der Waals surface area contributed by atoms with E-state index in [2.05, 4.69) is 55.6 Å². The number of fused-ring (bicyclic) bond motifs is 1. The van der Waals surface area contributed by atoms with Crippen molar-refractivity contribution in [2.45, 2.75) is 39.3 Å². The van der Waals surface area contributed by atoms with Crippen LogP contribution in [0.3, 0.4) is 0 Å². The number of hydrogen-bond acceptors (Lipinski definition) is 3. The topological polar surface area (TPSA) is 41.4 Å². The Balaban J connectivity index is 1.63. The van der Waals surface area contributed by atoms with Crippen molar-refractivity contribution in [1.29, 1.82) is 0 Å². The summed E-state index contributed by atoms with van der Waals surface area (Å²) in [5, 5.41) is 0. The van der Waals surface area contributed by atoms with E-state index in [4.69, 9.17) is 4.98 Å². The predicted octanol–water partition coefficient (Wildman–Crippen LogP) is 2.65. The van der Waals surface area contributed by atoms with Gasteiger partial charge in [-0.2, -0.15) is 0 Å². The number of para-hydroxylation sites is 2. The zero-order valence-electron chi connectivity index (χ0n) is 15.2. The monoisotopic (exact) mass is 328 g/mol. The third kappa shape index (κ3) is 3.46. The molecular formula is C19H28N4O. The maximum Gasteiger partial charge on any atom is 0.222 e. The summed E-state index contributed by atoms with van der Waals surface area (Å²) < 4.78 is 2.18. The molecule has 0 saturated carbocycles. The first-order valence-electron chi connectivity index (χ1n) is 8.84. The van der Waals surface area contributed by atoms with Crippen LogP contribution in [0.25, 0.3) is 11.0 Å². The van der Waals surface area contributed by atoms with Crippen LogP contribution in [-0.2, 0) is 18.4 Å². The summed E-state index contributed by atoms with van der Waals surface area (Å²) in [4.78, 5) is 21.1. The minimum absolute atomic E-state index is 0.297. The van der Waals surface area contributed by atoms with Gasteiger partial charge in [0.25, 0.3) is 0 Å². The number of carbonyl (C=O) groups is 1. The fourth-order valence-electron chi connectivity index (χ4n) is 3.67. The van der Waals surface area contributed by atoms with E-state index in [0.717, 1.165) is 37.4 Å². The van der Waals surface area contributed by atoms with Crippen LogP contribution in [0, 0.1) is 5.92 Å². The molecule has 1 unspecified atom stereocenters. The molecule has 2 heterocycles. The maximum absolute atomic E-state index is 12.0. The number of benzene rings is 1. The van der Waals surface area contributed by atoms with E-state index in [1.54, 1.807) is 0 Å². The molecule has 0 aliphatic carbocycles. The summed E-state index contributed by atoms with van der Waals surface area (Å²) in [6.45, 7) is 6.91. The average molecular weight is 328 g/mol. The van der Waals surface area contributed by atoms with E-state index < -0.39 is 0 Å². The Morgan fingerprint density at radius 2 is 2.08 bits per heavy atom. The molecule has 24 heavy (non-hydrogen) atoms. The van der Waals surface area contributed by atoms with Gasteiger partial charge in [0, 0.05) is 32.6 Å². The third-order valence-corrected chi connectivity index (χ3v) is 5.03. The minimum Gasteiger partial charge on any atom is -0.340 e. The molecule has 1 atom stereocenters. The summed E-state index contributed by atoms with van der Waals surface area (Å²) in [5.41, 5.74) is 2.23. The third-order valence-electron chi connectivity index (χ3n) is 5.03. The number of nitrogens with zero attached hydrogens (tertiary/aromatic N) is 4. The molecule has 1 aliphatic heterocycles. The van der Waals surface area contributed by atoms with Gasteiger partial charge in [-0.25, -0.2) is 4.98 Å². The molecule has 1 aromatic carbocycles. The Morgan fingerprint density at radius 1 is 1.33 bits per heavy atom. The van der Waals surface area contributed by atoms with Crippen LogP contribution in [-0.4, -0.2) is 51.4 Å². The van der Waals surface area contributed by atoms with Crippen molar-refractivity contribution in [3.8, 4) is 0 Å². The Bertz CT molecular complexity index is 721. The molecule has 1 fully saturated rings. The second kappa shape index (κ2) is 6.93. The fourth-order valence-corrected chi connectivity index (χ4v) is 3.67. The second-order valence-electron chi connectivity index (χ2n) is 7.32. The Hall–Kier alpha value is -1.88. The molecule has 1 amide bonds. The highest BCUT2D eigenvalue weighted by Crippen LogP contribution is 2.21. The number of piperidine rings is 1. The van der Waals surface area contributed by atoms with Gasteiger partial charge >= 0.3 is 0 Å². The van der Waals surface area contributed by atoms with E-state index in [1.165, 1.54) is 5.52 Å². The average Bonchev–Trinajstić information content (AvgIpc) is 2.85. The van der Waals surface area contributed by atoms with Gasteiger partial charge in [-0.15, -0.1) is 0 Å². The van der Waals surface area contributed by atoms with E-state index in [9.17, 15) is 4.79 Å². The quantitative estimate of drug-likeness (QED) is 0.847. The summed E-state index contributed by atoms with van der Waals surface area (Å²) in [6.07, 6.45) is 1.68. The van der Waals surface area contributed by atoms with E-state index in [0.29, 0.717) is 24.3 Å². The molecule has 0 bridgehead atoms. The van der Waals surface area contributed by atoms with Gasteiger partial charge in [0.1, 0.15) is 5.82 Å².